The zero-order valence-corrected chi connectivity index (χ0v) is 11.1. The quantitative estimate of drug-likeness (QED) is 0.852. The van der Waals surface area contributed by atoms with Gasteiger partial charge in [0.05, 0.1) is 23.5 Å². The van der Waals surface area contributed by atoms with Crippen molar-refractivity contribution in [3.8, 4) is 6.07 Å². The Kier molecular flexibility index (Phi) is 3.67. The summed E-state index contributed by atoms with van der Waals surface area (Å²) in [6, 6.07) is 13.5. The molecule has 1 aromatic heterocycles. The van der Waals surface area contributed by atoms with Crippen LogP contribution in [0.1, 0.15) is 17.0 Å². The van der Waals surface area contributed by atoms with Gasteiger partial charge in [-0.25, -0.2) is 0 Å². The molecule has 0 aliphatic heterocycles. The molecule has 0 fully saturated rings. The van der Waals surface area contributed by atoms with Crippen LogP contribution in [-0.2, 0) is 6.54 Å². The van der Waals surface area contributed by atoms with Crippen molar-refractivity contribution in [3.05, 3.63) is 53.3 Å². The molecule has 96 valence electrons. The standard InChI is InChI=1S/C15H16N4/c1-11-4-3-5-14(18-11)10-19(2)15-7-6-13(17)8-12(15)9-16/h3-8H,10,17H2,1-2H3. The van der Waals surface area contributed by atoms with E-state index in [1.165, 1.54) is 0 Å². The van der Waals surface area contributed by atoms with E-state index in [1.54, 1.807) is 12.1 Å². The number of hydrogen-bond donors (Lipinski definition) is 1. The summed E-state index contributed by atoms with van der Waals surface area (Å²) in [5.41, 5.74) is 9.70. The maximum Gasteiger partial charge on any atom is 0.101 e. The summed E-state index contributed by atoms with van der Waals surface area (Å²) in [7, 11) is 1.94. The Morgan fingerprint density at radius 1 is 1.32 bits per heavy atom. The first-order valence-electron chi connectivity index (χ1n) is 6.03. The molecule has 19 heavy (non-hydrogen) atoms. The van der Waals surface area contributed by atoms with Crippen LogP contribution in [0, 0.1) is 18.3 Å². The van der Waals surface area contributed by atoms with Crippen LogP contribution in [0.3, 0.4) is 0 Å². The van der Waals surface area contributed by atoms with E-state index in [4.69, 9.17) is 11.0 Å². The van der Waals surface area contributed by atoms with Crippen molar-refractivity contribution in [2.24, 2.45) is 0 Å². The van der Waals surface area contributed by atoms with Gasteiger partial charge in [-0.1, -0.05) is 6.07 Å². The lowest BCUT2D eigenvalue weighted by Gasteiger charge is -2.20. The van der Waals surface area contributed by atoms with Gasteiger partial charge in [0.1, 0.15) is 6.07 Å². The van der Waals surface area contributed by atoms with Gasteiger partial charge in [-0.3, -0.25) is 4.98 Å². The van der Waals surface area contributed by atoms with E-state index in [9.17, 15) is 0 Å². The maximum absolute atomic E-state index is 9.15. The molecule has 0 saturated heterocycles. The van der Waals surface area contributed by atoms with E-state index in [0.29, 0.717) is 17.8 Å². The molecule has 0 unspecified atom stereocenters. The van der Waals surface area contributed by atoms with Crippen LogP contribution in [0.25, 0.3) is 0 Å². The molecule has 2 rings (SSSR count). The number of rotatable bonds is 3. The van der Waals surface area contributed by atoms with Crippen molar-refractivity contribution in [2.75, 3.05) is 17.7 Å². The van der Waals surface area contributed by atoms with E-state index in [0.717, 1.165) is 17.1 Å². The van der Waals surface area contributed by atoms with Gasteiger partial charge in [0.2, 0.25) is 0 Å². The molecule has 0 aliphatic rings. The van der Waals surface area contributed by atoms with E-state index in [-0.39, 0.29) is 0 Å². The lowest BCUT2D eigenvalue weighted by atomic mass is 10.1. The Labute approximate surface area is 113 Å². The zero-order valence-electron chi connectivity index (χ0n) is 11.1. The number of nitrogens with two attached hydrogens (primary N) is 1. The molecule has 0 bridgehead atoms. The highest BCUT2D eigenvalue weighted by atomic mass is 15.1. The first-order chi connectivity index (χ1) is 9.10. The topological polar surface area (TPSA) is 65.9 Å². The van der Waals surface area contributed by atoms with Crippen molar-refractivity contribution < 1.29 is 0 Å². The molecule has 4 heteroatoms. The third-order valence-corrected chi connectivity index (χ3v) is 2.90. The minimum absolute atomic E-state index is 0.579. The number of hydrogen-bond acceptors (Lipinski definition) is 4. The SMILES string of the molecule is Cc1cccc(CN(C)c2ccc(N)cc2C#N)n1. The third kappa shape index (κ3) is 3.02. The lowest BCUT2D eigenvalue weighted by molar-refractivity contribution is 0.875. The summed E-state index contributed by atoms with van der Waals surface area (Å²) in [6.07, 6.45) is 0. The van der Waals surface area contributed by atoms with Crippen molar-refractivity contribution in [3.63, 3.8) is 0 Å². The van der Waals surface area contributed by atoms with E-state index < -0.39 is 0 Å². The molecule has 0 spiro atoms. The molecule has 0 saturated carbocycles. The Morgan fingerprint density at radius 2 is 2.11 bits per heavy atom. The van der Waals surface area contributed by atoms with Crippen LogP contribution in [0.4, 0.5) is 11.4 Å². The van der Waals surface area contributed by atoms with Gasteiger partial charge in [0, 0.05) is 18.4 Å². The van der Waals surface area contributed by atoms with Gasteiger partial charge < -0.3 is 10.6 Å². The number of pyridine rings is 1. The smallest absolute Gasteiger partial charge is 0.101 e. The van der Waals surface area contributed by atoms with Crippen LogP contribution >= 0.6 is 0 Å². The summed E-state index contributed by atoms with van der Waals surface area (Å²) < 4.78 is 0. The Morgan fingerprint density at radius 3 is 2.79 bits per heavy atom. The minimum Gasteiger partial charge on any atom is -0.399 e. The molecule has 2 N–H and O–H groups in total. The number of benzene rings is 1. The molecule has 1 aromatic carbocycles. The summed E-state index contributed by atoms with van der Waals surface area (Å²) in [5, 5.41) is 9.15. The predicted octanol–water partition coefficient (Wildman–Crippen LogP) is 2.48. The zero-order chi connectivity index (χ0) is 13.8. The molecular weight excluding hydrogens is 236 g/mol. The summed E-state index contributed by atoms with van der Waals surface area (Å²) in [6.45, 7) is 2.62. The summed E-state index contributed by atoms with van der Waals surface area (Å²) >= 11 is 0. The normalized spacial score (nSPS) is 9.95. The first-order valence-corrected chi connectivity index (χ1v) is 6.03. The minimum atomic E-state index is 0.579. The van der Waals surface area contributed by atoms with Crippen LogP contribution in [-0.4, -0.2) is 12.0 Å². The first kappa shape index (κ1) is 12.9. The summed E-state index contributed by atoms with van der Waals surface area (Å²) in [5.74, 6) is 0. The van der Waals surface area contributed by atoms with E-state index in [1.807, 2.05) is 43.1 Å². The number of nitrogens with zero attached hydrogens (tertiary/aromatic N) is 3. The van der Waals surface area contributed by atoms with Crippen molar-refractivity contribution >= 4 is 11.4 Å². The van der Waals surface area contributed by atoms with Gasteiger partial charge in [0.25, 0.3) is 0 Å². The third-order valence-electron chi connectivity index (χ3n) is 2.90. The number of aryl methyl sites for hydroxylation is 1. The number of nitriles is 1. The van der Waals surface area contributed by atoms with Crippen molar-refractivity contribution in [1.29, 1.82) is 5.26 Å². The molecule has 4 nitrogen and oxygen atoms in total. The van der Waals surface area contributed by atoms with Gasteiger partial charge in [-0.2, -0.15) is 5.26 Å². The monoisotopic (exact) mass is 252 g/mol. The molecule has 0 aliphatic carbocycles. The second-order valence-electron chi connectivity index (χ2n) is 4.51. The molecular formula is C15H16N4. The van der Waals surface area contributed by atoms with Crippen LogP contribution in [0.2, 0.25) is 0 Å². The number of aromatic nitrogens is 1. The van der Waals surface area contributed by atoms with E-state index >= 15 is 0 Å². The second kappa shape index (κ2) is 5.40. The van der Waals surface area contributed by atoms with Crippen LogP contribution in [0.15, 0.2) is 36.4 Å². The highest BCUT2D eigenvalue weighted by Gasteiger charge is 2.09. The highest BCUT2D eigenvalue weighted by molar-refractivity contribution is 5.64. The van der Waals surface area contributed by atoms with Crippen LogP contribution in [0.5, 0.6) is 0 Å². The van der Waals surface area contributed by atoms with E-state index in [2.05, 4.69) is 11.1 Å². The lowest BCUT2D eigenvalue weighted by Crippen LogP contribution is -2.18. The van der Waals surface area contributed by atoms with Gasteiger partial charge in [-0.05, 0) is 37.3 Å². The Hall–Kier alpha value is -2.54. The number of anilines is 2. The molecule has 0 radical (unpaired) electrons. The highest BCUT2D eigenvalue weighted by Crippen LogP contribution is 2.22. The molecule has 1 heterocycles. The average molecular weight is 252 g/mol. The number of nitrogen functional groups attached to an aromatic ring is 1. The fraction of sp³-hybridized carbons (Fsp3) is 0.200. The Bertz CT molecular complexity index is 628. The predicted molar refractivity (Wildman–Crippen MR) is 76.7 cm³/mol. The second-order valence-corrected chi connectivity index (χ2v) is 4.51. The molecule has 0 amide bonds. The van der Waals surface area contributed by atoms with Crippen molar-refractivity contribution in [1.82, 2.24) is 4.98 Å². The maximum atomic E-state index is 9.15. The van der Waals surface area contributed by atoms with Gasteiger partial charge >= 0.3 is 0 Å². The van der Waals surface area contributed by atoms with Crippen LogP contribution < -0.4 is 10.6 Å². The molecule has 0 atom stereocenters. The van der Waals surface area contributed by atoms with Gasteiger partial charge in [0.15, 0.2) is 0 Å². The van der Waals surface area contributed by atoms with Gasteiger partial charge in [-0.15, -0.1) is 0 Å². The average Bonchev–Trinajstić information content (AvgIpc) is 2.38. The molecule has 2 aromatic rings. The fourth-order valence-corrected chi connectivity index (χ4v) is 1.99. The summed E-state index contributed by atoms with van der Waals surface area (Å²) in [4.78, 5) is 6.46. The largest absolute Gasteiger partial charge is 0.399 e. The van der Waals surface area contributed by atoms with Crippen molar-refractivity contribution in [2.45, 2.75) is 13.5 Å². The fourth-order valence-electron chi connectivity index (χ4n) is 1.99. The Balaban J connectivity index is 2.25.